The second kappa shape index (κ2) is 8.70. The molecule has 2 atom stereocenters. The predicted molar refractivity (Wildman–Crippen MR) is 77.7 cm³/mol. The van der Waals surface area contributed by atoms with Crippen LogP contribution in [0.15, 0.2) is 30.3 Å². The monoisotopic (exact) mass is 263 g/mol. The van der Waals surface area contributed by atoms with Crippen molar-refractivity contribution in [1.29, 1.82) is 0 Å². The van der Waals surface area contributed by atoms with Crippen molar-refractivity contribution in [2.45, 2.75) is 45.6 Å². The van der Waals surface area contributed by atoms with Gasteiger partial charge in [-0.2, -0.15) is 0 Å². The average Bonchev–Trinajstić information content (AvgIpc) is 2.44. The Morgan fingerprint density at radius 1 is 1.32 bits per heavy atom. The van der Waals surface area contributed by atoms with Crippen molar-refractivity contribution in [2.24, 2.45) is 5.92 Å². The van der Waals surface area contributed by atoms with E-state index in [1.165, 1.54) is 0 Å². The van der Waals surface area contributed by atoms with Crippen molar-refractivity contribution in [3.63, 3.8) is 0 Å². The number of unbranched alkanes of at least 4 members (excludes halogenated alkanes) is 1. The Kier molecular flexibility index (Phi) is 7.19. The summed E-state index contributed by atoms with van der Waals surface area (Å²) in [5.74, 6) is 0.106. The number of benzene rings is 1. The molecule has 1 amide bonds. The SMILES string of the molecule is CCCC[C@H](CO)CC(=O)N[C@@H](C)c1ccccc1. The molecule has 0 aromatic heterocycles. The molecule has 0 aliphatic carbocycles. The van der Waals surface area contributed by atoms with Crippen LogP contribution in [-0.4, -0.2) is 17.6 Å². The molecule has 1 aromatic carbocycles. The number of amides is 1. The van der Waals surface area contributed by atoms with Crippen LogP contribution in [0.3, 0.4) is 0 Å². The van der Waals surface area contributed by atoms with Crippen molar-refractivity contribution in [3.8, 4) is 0 Å². The Morgan fingerprint density at radius 2 is 2.00 bits per heavy atom. The summed E-state index contributed by atoms with van der Waals surface area (Å²) in [6, 6.07) is 9.92. The van der Waals surface area contributed by atoms with E-state index < -0.39 is 0 Å². The first-order valence-corrected chi connectivity index (χ1v) is 7.12. The van der Waals surface area contributed by atoms with Gasteiger partial charge in [0.05, 0.1) is 6.04 Å². The Morgan fingerprint density at radius 3 is 2.58 bits per heavy atom. The van der Waals surface area contributed by atoms with Crippen LogP contribution in [0.25, 0.3) is 0 Å². The zero-order valence-corrected chi connectivity index (χ0v) is 11.9. The van der Waals surface area contributed by atoms with Gasteiger partial charge in [-0.25, -0.2) is 0 Å². The zero-order chi connectivity index (χ0) is 14.1. The third-order valence-electron chi connectivity index (χ3n) is 3.38. The summed E-state index contributed by atoms with van der Waals surface area (Å²) >= 11 is 0. The first-order valence-electron chi connectivity index (χ1n) is 7.12. The van der Waals surface area contributed by atoms with Gasteiger partial charge in [0.25, 0.3) is 0 Å². The van der Waals surface area contributed by atoms with Crippen LogP contribution in [0.2, 0.25) is 0 Å². The molecule has 0 heterocycles. The highest BCUT2D eigenvalue weighted by Crippen LogP contribution is 2.15. The van der Waals surface area contributed by atoms with Gasteiger partial charge >= 0.3 is 0 Å². The van der Waals surface area contributed by atoms with Gasteiger partial charge in [0, 0.05) is 13.0 Å². The highest BCUT2D eigenvalue weighted by Gasteiger charge is 2.15. The van der Waals surface area contributed by atoms with Crippen LogP contribution in [0.4, 0.5) is 0 Å². The molecule has 0 aliphatic rings. The van der Waals surface area contributed by atoms with Crippen LogP contribution >= 0.6 is 0 Å². The minimum absolute atomic E-state index is 0.0132. The highest BCUT2D eigenvalue weighted by molar-refractivity contribution is 5.76. The van der Waals surface area contributed by atoms with Crippen LogP contribution < -0.4 is 5.32 Å². The van der Waals surface area contributed by atoms with E-state index in [2.05, 4.69) is 12.2 Å². The summed E-state index contributed by atoms with van der Waals surface area (Å²) in [6.07, 6.45) is 3.49. The van der Waals surface area contributed by atoms with Crippen molar-refractivity contribution in [1.82, 2.24) is 5.32 Å². The molecule has 2 N–H and O–H groups in total. The fourth-order valence-corrected chi connectivity index (χ4v) is 2.14. The lowest BCUT2D eigenvalue weighted by molar-refractivity contribution is -0.123. The van der Waals surface area contributed by atoms with E-state index in [9.17, 15) is 9.90 Å². The molecule has 3 heteroatoms. The van der Waals surface area contributed by atoms with E-state index in [0.717, 1.165) is 24.8 Å². The van der Waals surface area contributed by atoms with Gasteiger partial charge < -0.3 is 10.4 Å². The summed E-state index contributed by atoms with van der Waals surface area (Å²) in [5.41, 5.74) is 1.10. The summed E-state index contributed by atoms with van der Waals surface area (Å²) in [5, 5.41) is 12.3. The number of aliphatic hydroxyl groups is 1. The quantitative estimate of drug-likeness (QED) is 0.757. The number of aliphatic hydroxyl groups excluding tert-OH is 1. The minimum atomic E-state index is 0.0132. The topological polar surface area (TPSA) is 49.3 Å². The standard InChI is InChI=1S/C16H25NO2/c1-3-4-8-14(12-18)11-16(19)17-13(2)15-9-6-5-7-10-15/h5-7,9-10,13-14,18H,3-4,8,11-12H2,1-2H3,(H,17,19)/t13-,14-/m0/s1. The minimum Gasteiger partial charge on any atom is -0.396 e. The first-order chi connectivity index (χ1) is 9.17. The number of carbonyl (C=O) groups excluding carboxylic acids is 1. The molecule has 1 rings (SSSR count). The molecule has 0 radical (unpaired) electrons. The molecule has 3 nitrogen and oxygen atoms in total. The molecule has 0 saturated carbocycles. The average molecular weight is 263 g/mol. The molecule has 1 aromatic rings. The number of rotatable bonds is 8. The lowest BCUT2D eigenvalue weighted by Crippen LogP contribution is -2.29. The molecule has 0 aliphatic heterocycles. The van der Waals surface area contributed by atoms with Crippen LogP contribution in [0.1, 0.15) is 51.1 Å². The van der Waals surface area contributed by atoms with Gasteiger partial charge in [-0.3, -0.25) is 4.79 Å². The van der Waals surface area contributed by atoms with E-state index in [1.807, 2.05) is 37.3 Å². The second-order valence-electron chi connectivity index (χ2n) is 5.09. The van der Waals surface area contributed by atoms with Gasteiger partial charge in [0.2, 0.25) is 5.91 Å². The number of hydrogen-bond acceptors (Lipinski definition) is 2. The maximum absolute atomic E-state index is 11.9. The molecule has 19 heavy (non-hydrogen) atoms. The highest BCUT2D eigenvalue weighted by atomic mass is 16.3. The molecule has 0 fully saturated rings. The van der Waals surface area contributed by atoms with Crippen molar-refractivity contribution in [2.75, 3.05) is 6.61 Å². The van der Waals surface area contributed by atoms with Gasteiger partial charge in [0.15, 0.2) is 0 Å². The number of nitrogens with one attached hydrogen (secondary N) is 1. The number of hydrogen-bond donors (Lipinski definition) is 2. The maximum atomic E-state index is 11.9. The first kappa shape index (κ1) is 15.7. The molecule has 0 saturated heterocycles. The van der Waals surface area contributed by atoms with E-state index in [0.29, 0.717) is 6.42 Å². The smallest absolute Gasteiger partial charge is 0.220 e. The van der Waals surface area contributed by atoms with Crippen molar-refractivity contribution < 1.29 is 9.90 Å². The van der Waals surface area contributed by atoms with Gasteiger partial charge in [-0.15, -0.1) is 0 Å². The summed E-state index contributed by atoms with van der Waals surface area (Å²) < 4.78 is 0. The predicted octanol–water partition coefficient (Wildman–Crippen LogP) is 3.05. The Balaban J connectivity index is 2.41. The van der Waals surface area contributed by atoms with E-state index in [-0.39, 0.29) is 24.5 Å². The second-order valence-corrected chi connectivity index (χ2v) is 5.09. The summed E-state index contributed by atoms with van der Waals surface area (Å²) in [7, 11) is 0. The molecular weight excluding hydrogens is 238 g/mol. The Hall–Kier alpha value is -1.35. The lowest BCUT2D eigenvalue weighted by Gasteiger charge is -2.17. The third kappa shape index (κ3) is 5.88. The normalized spacial score (nSPS) is 13.8. The van der Waals surface area contributed by atoms with Crippen LogP contribution in [0.5, 0.6) is 0 Å². The largest absolute Gasteiger partial charge is 0.396 e. The zero-order valence-electron chi connectivity index (χ0n) is 11.9. The van der Waals surface area contributed by atoms with Crippen LogP contribution in [-0.2, 0) is 4.79 Å². The molecule has 0 unspecified atom stereocenters. The van der Waals surface area contributed by atoms with Crippen LogP contribution in [0, 0.1) is 5.92 Å². The van der Waals surface area contributed by atoms with Gasteiger partial charge in [-0.1, -0.05) is 50.1 Å². The Labute approximate surface area is 116 Å². The van der Waals surface area contributed by atoms with E-state index in [4.69, 9.17) is 0 Å². The Bertz CT molecular complexity index is 364. The van der Waals surface area contributed by atoms with E-state index in [1.54, 1.807) is 0 Å². The fraction of sp³-hybridized carbons (Fsp3) is 0.562. The van der Waals surface area contributed by atoms with Gasteiger partial charge in [-0.05, 0) is 24.8 Å². The molecule has 106 valence electrons. The van der Waals surface area contributed by atoms with Crippen molar-refractivity contribution in [3.05, 3.63) is 35.9 Å². The van der Waals surface area contributed by atoms with E-state index >= 15 is 0 Å². The molecule has 0 spiro atoms. The molecule has 0 bridgehead atoms. The van der Waals surface area contributed by atoms with Crippen molar-refractivity contribution >= 4 is 5.91 Å². The lowest BCUT2D eigenvalue weighted by atomic mass is 9.98. The van der Waals surface area contributed by atoms with Gasteiger partial charge in [0.1, 0.15) is 0 Å². The molecular formula is C16H25NO2. The fourth-order valence-electron chi connectivity index (χ4n) is 2.14. The number of carbonyl (C=O) groups is 1. The third-order valence-corrected chi connectivity index (χ3v) is 3.38. The maximum Gasteiger partial charge on any atom is 0.220 e. The summed E-state index contributed by atoms with van der Waals surface area (Å²) in [4.78, 5) is 11.9. The summed E-state index contributed by atoms with van der Waals surface area (Å²) in [6.45, 7) is 4.19.